The van der Waals surface area contributed by atoms with Crippen molar-refractivity contribution in [1.82, 2.24) is 10.2 Å². The van der Waals surface area contributed by atoms with Gasteiger partial charge >= 0.3 is 12.1 Å². The zero-order valence-corrected chi connectivity index (χ0v) is 18.9. The highest BCUT2D eigenvalue weighted by molar-refractivity contribution is 5.89. The molecule has 0 saturated heterocycles. The standard InChI is InChI=1S/C25H30N2O5/c1-15(2)16(3)27(4)24(30)22(13-23(28)29)26-25(31)32-14-21-19-11-7-5-9-17(19)18-10-6-8-12-20(18)21/h5-12,15-16,21-22H,13-14H2,1-4H3,(H,26,31)(H,28,29). The third kappa shape index (κ3) is 4.93. The van der Waals surface area contributed by atoms with Gasteiger partial charge in [-0.05, 0) is 35.1 Å². The van der Waals surface area contributed by atoms with Gasteiger partial charge in [-0.25, -0.2) is 4.79 Å². The van der Waals surface area contributed by atoms with Gasteiger partial charge in [0.15, 0.2) is 0 Å². The van der Waals surface area contributed by atoms with Gasteiger partial charge in [0.05, 0.1) is 6.42 Å². The summed E-state index contributed by atoms with van der Waals surface area (Å²) < 4.78 is 5.48. The third-order valence-electron chi connectivity index (χ3n) is 6.24. The molecule has 2 aromatic carbocycles. The molecule has 2 unspecified atom stereocenters. The van der Waals surface area contributed by atoms with Gasteiger partial charge in [-0.3, -0.25) is 9.59 Å². The number of likely N-dealkylation sites (N-methyl/N-ethyl adjacent to an activating group) is 1. The molecule has 0 aromatic heterocycles. The summed E-state index contributed by atoms with van der Waals surface area (Å²) >= 11 is 0. The fourth-order valence-corrected chi connectivity index (χ4v) is 4.05. The van der Waals surface area contributed by atoms with E-state index in [4.69, 9.17) is 4.74 Å². The molecule has 1 aliphatic carbocycles. The maximum absolute atomic E-state index is 12.8. The van der Waals surface area contributed by atoms with E-state index in [-0.39, 0.29) is 24.5 Å². The number of hydrogen-bond donors (Lipinski definition) is 2. The average Bonchev–Trinajstić information content (AvgIpc) is 3.09. The predicted molar refractivity (Wildman–Crippen MR) is 121 cm³/mol. The summed E-state index contributed by atoms with van der Waals surface area (Å²) in [5.74, 6) is -1.57. The van der Waals surface area contributed by atoms with Crippen LogP contribution in [-0.4, -0.2) is 53.7 Å². The summed E-state index contributed by atoms with van der Waals surface area (Å²) in [6.45, 7) is 5.92. The highest BCUT2D eigenvalue weighted by atomic mass is 16.5. The number of carbonyl (C=O) groups excluding carboxylic acids is 2. The first kappa shape index (κ1) is 23.3. The van der Waals surface area contributed by atoms with Gasteiger partial charge in [-0.2, -0.15) is 0 Å². The topological polar surface area (TPSA) is 95.9 Å². The number of carboxylic acids is 1. The number of rotatable bonds is 8. The SMILES string of the molecule is CC(C)C(C)N(C)C(=O)C(CC(=O)O)NC(=O)OCC1c2ccccc2-c2ccccc21. The molecule has 2 N–H and O–H groups in total. The normalized spacial score (nSPS) is 14.3. The molecule has 7 nitrogen and oxygen atoms in total. The second-order valence-electron chi connectivity index (χ2n) is 8.55. The van der Waals surface area contributed by atoms with Crippen LogP contribution >= 0.6 is 0 Å². The molecule has 0 heterocycles. The van der Waals surface area contributed by atoms with Crippen LogP contribution < -0.4 is 5.32 Å². The maximum Gasteiger partial charge on any atom is 0.407 e. The Balaban J connectivity index is 1.69. The number of carboxylic acid groups (broad SMARTS) is 1. The van der Waals surface area contributed by atoms with Crippen molar-refractivity contribution in [3.63, 3.8) is 0 Å². The van der Waals surface area contributed by atoms with Crippen molar-refractivity contribution in [2.45, 2.75) is 45.2 Å². The Kier molecular flexibility index (Phi) is 7.18. The minimum atomic E-state index is -1.20. The van der Waals surface area contributed by atoms with Crippen LogP contribution in [0.1, 0.15) is 44.2 Å². The monoisotopic (exact) mass is 438 g/mol. The lowest BCUT2D eigenvalue weighted by atomic mass is 9.98. The van der Waals surface area contributed by atoms with Crippen LogP contribution in [-0.2, 0) is 14.3 Å². The minimum Gasteiger partial charge on any atom is -0.481 e. The summed E-state index contributed by atoms with van der Waals surface area (Å²) in [5, 5.41) is 11.7. The number of nitrogens with one attached hydrogen (secondary N) is 1. The van der Waals surface area contributed by atoms with Crippen molar-refractivity contribution in [2.75, 3.05) is 13.7 Å². The predicted octanol–water partition coefficient (Wildman–Crippen LogP) is 3.87. The van der Waals surface area contributed by atoms with E-state index in [0.717, 1.165) is 22.3 Å². The van der Waals surface area contributed by atoms with Gasteiger partial charge < -0.3 is 20.1 Å². The average molecular weight is 439 g/mol. The quantitative estimate of drug-likeness (QED) is 0.652. The van der Waals surface area contributed by atoms with Gasteiger partial charge in [0.25, 0.3) is 0 Å². The van der Waals surface area contributed by atoms with Crippen molar-refractivity contribution in [3.8, 4) is 11.1 Å². The summed E-state index contributed by atoms with van der Waals surface area (Å²) in [4.78, 5) is 38.2. The molecule has 2 atom stereocenters. The minimum absolute atomic E-state index is 0.0894. The molecule has 0 radical (unpaired) electrons. The maximum atomic E-state index is 12.8. The van der Waals surface area contributed by atoms with Crippen molar-refractivity contribution in [2.24, 2.45) is 5.92 Å². The molecule has 2 aromatic rings. The number of hydrogen-bond acceptors (Lipinski definition) is 4. The van der Waals surface area contributed by atoms with Crippen LogP contribution in [0, 0.1) is 5.92 Å². The van der Waals surface area contributed by atoms with Gasteiger partial charge in [-0.15, -0.1) is 0 Å². The van der Waals surface area contributed by atoms with E-state index in [1.165, 1.54) is 4.90 Å². The molecule has 1 aliphatic rings. The van der Waals surface area contributed by atoms with Crippen LogP contribution in [0.25, 0.3) is 11.1 Å². The molecule has 0 bridgehead atoms. The molecule has 0 saturated carbocycles. The van der Waals surface area contributed by atoms with Crippen molar-refractivity contribution in [1.29, 1.82) is 0 Å². The fourth-order valence-electron chi connectivity index (χ4n) is 4.05. The van der Waals surface area contributed by atoms with Crippen LogP contribution in [0.4, 0.5) is 4.79 Å². The first-order chi connectivity index (χ1) is 15.2. The largest absolute Gasteiger partial charge is 0.481 e. The Bertz CT molecular complexity index is 958. The van der Waals surface area contributed by atoms with Gasteiger partial charge in [0.2, 0.25) is 5.91 Å². The molecule has 0 aliphatic heterocycles. The molecule has 0 spiro atoms. The van der Waals surface area contributed by atoms with Crippen molar-refractivity contribution in [3.05, 3.63) is 59.7 Å². The smallest absolute Gasteiger partial charge is 0.407 e. The molecular weight excluding hydrogens is 408 g/mol. The summed E-state index contributed by atoms with van der Waals surface area (Å²) in [7, 11) is 1.61. The van der Waals surface area contributed by atoms with Crippen LogP contribution in [0.15, 0.2) is 48.5 Å². The molecule has 7 heteroatoms. The number of carbonyl (C=O) groups is 3. The first-order valence-corrected chi connectivity index (χ1v) is 10.8. The Morgan fingerprint density at radius 3 is 2.03 bits per heavy atom. The second kappa shape index (κ2) is 9.85. The van der Waals surface area contributed by atoms with Crippen molar-refractivity contribution >= 4 is 18.0 Å². The summed E-state index contributed by atoms with van der Waals surface area (Å²) in [6, 6.07) is 14.7. The van der Waals surface area contributed by atoms with E-state index in [0.29, 0.717) is 0 Å². The van der Waals surface area contributed by atoms with E-state index < -0.39 is 30.4 Å². The number of benzene rings is 2. The fraction of sp³-hybridized carbons (Fsp3) is 0.400. The van der Waals surface area contributed by atoms with Crippen molar-refractivity contribution < 1.29 is 24.2 Å². The van der Waals surface area contributed by atoms with E-state index in [1.54, 1.807) is 7.05 Å². The number of fused-ring (bicyclic) bond motifs is 3. The number of nitrogens with zero attached hydrogens (tertiary/aromatic N) is 1. The lowest BCUT2D eigenvalue weighted by molar-refractivity contribution is -0.143. The molecular formula is C25H30N2O5. The number of alkyl carbamates (subject to hydrolysis) is 1. The zero-order valence-electron chi connectivity index (χ0n) is 18.9. The highest BCUT2D eigenvalue weighted by Crippen LogP contribution is 2.44. The lowest BCUT2D eigenvalue weighted by Gasteiger charge is -2.31. The Hall–Kier alpha value is -3.35. The molecule has 3 rings (SSSR count). The third-order valence-corrected chi connectivity index (χ3v) is 6.24. The van der Waals surface area contributed by atoms with E-state index in [2.05, 4.69) is 5.32 Å². The van der Waals surface area contributed by atoms with Crippen LogP contribution in [0.5, 0.6) is 0 Å². The molecule has 2 amide bonds. The highest BCUT2D eigenvalue weighted by Gasteiger charge is 2.32. The molecule has 0 fully saturated rings. The van der Waals surface area contributed by atoms with Crippen LogP contribution in [0.3, 0.4) is 0 Å². The van der Waals surface area contributed by atoms with E-state index >= 15 is 0 Å². The Labute approximate surface area is 188 Å². The van der Waals surface area contributed by atoms with E-state index in [9.17, 15) is 19.5 Å². The number of amides is 2. The first-order valence-electron chi connectivity index (χ1n) is 10.8. The molecule has 32 heavy (non-hydrogen) atoms. The summed E-state index contributed by atoms with van der Waals surface area (Å²) in [5.41, 5.74) is 4.37. The Morgan fingerprint density at radius 1 is 1.00 bits per heavy atom. The van der Waals surface area contributed by atoms with E-state index in [1.807, 2.05) is 69.3 Å². The van der Waals surface area contributed by atoms with Gasteiger partial charge in [0.1, 0.15) is 12.6 Å². The number of aliphatic carboxylic acids is 1. The number of ether oxygens (including phenoxy) is 1. The zero-order chi connectivity index (χ0) is 23.4. The van der Waals surface area contributed by atoms with Gasteiger partial charge in [-0.1, -0.05) is 62.4 Å². The lowest BCUT2D eigenvalue weighted by Crippen LogP contribution is -2.51. The summed E-state index contributed by atoms with van der Waals surface area (Å²) in [6.07, 6.45) is -1.32. The second-order valence-corrected chi connectivity index (χ2v) is 8.55. The van der Waals surface area contributed by atoms with Gasteiger partial charge in [0, 0.05) is 19.0 Å². The molecule has 170 valence electrons. The van der Waals surface area contributed by atoms with Crippen LogP contribution in [0.2, 0.25) is 0 Å². The Morgan fingerprint density at radius 2 is 1.53 bits per heavy atom.